The predicted octanol–water partition coefficient (Wildman–Crippen LogP) is 1.87. The van der Waals surface area contributed by atoms with Crippen LogP contribution in [-0.2, 0) is 4.74 Å². The molecular formula is C15H23NO3. The van der Waals surface area contributed by atoms with E-state index in [0.717, 1.165) is 13.1 Å². The van der Waals surface area contributed by atoms with Crippen LogP contribution in [0.25, 0.3) is 0 Å². The molecule has 0 bridgehead atoms. The largest absolute Gasteiger partial charge is 0.444 e. The lowest BCUT2D eigenvalue weighted by molar-refractivity contribution is 0.0269. The molecule has 2 atom stereocenters. The molecule has 1 saturated carbocycles. The quantitative estimate of drug-likeness (QED) is 0.680. The number of nitrogens with zero attached hydrogens (tertiary/aromatic N) is 1. The van der Waals surface area contributed by atoms with Crippen LogP contribution in [0.5, 0.6) is 0 Å². The first-order valence-corrected chi connectivity index (χ1v) is 6.80. The molecule has 1 aliphatic heterocycles. The van der Waals surface area contributed by atoms with Crippen molar-refractivity contribution < 1.29 is 14.6 Å². The van der Waals surface area contributed by atoms with E-state index in [1.807, 2.05) is 20.8 Å². The Morgan fingerprint density at radius 1 is 1.21 bits per heavy atom. The molecule has 2 unspecified atom stereocenters. The lowest BCUT2D eigenvalue weighted by atomic mass is 10.1. The Morgan fingerprint density at radius 3 is 2.16 bits per heavy atom. The average molecular weight is 265 g/mol. The molecule has 0 spiro atoms. The Hall–Kier alpha value is -1.21. The van der Waals surface area contributed by atoms with Crippen LogP contribution < -0.4 is 0 Å². The van der Waals surface area contributed by atoms with Gasteiger partial charge in [-0.2, -0.15) is 0 Å². The van der Waals surface area contributed by atoms with Crippen LogP contribution in [0.1, 0.15) is 34.6 Å². The highest BCUT2D eigenvalue weighted by Gasteiger charge is 2.56. The van der Waals surface area contributed by atoms with Gasteiger partial charge in [0.2, 0.25) is 0 Å². The van der Waals surface area contributed by atoms with E-state index in [9.17, 15) is 9.90 Å². The van der Waals surface area contributed by atoms with Gasteiger partial charge in [-0.1, -0.05) is 11.8 Å². The minimum Gasteiger partial charge on any atom is -0.444 e. The second-order valence-corrected chi connectivity index (χ2v) is 7.07. The third kappa shape index (κ3) is 3.63. The summed E-state index contributed by atoms with van der Waals surface area (Å²) in [5, 5.41) is 9.57. The molecular weight excluding hydrogens is 242 g/mol. The van der Waals surface area contributed by atoms with Gasteiger partial charge in [0.1, 0.15) is 11.2 Å². The molecule has 1 amide bonds. The van der Waals surface area contributed by atoms with Crippen LogP contribution in [0.15, 0.2) is 0 Å². The molecule has 1 N–H and O–H groups in total. The molecule has 4 heteroatoms. The summed E-state index contributed by atoms with van der Waals surface area (Å²) in [5.41, 5.74) is -1.37. The smallest absolute Gasteiger partial charge is 0.410 e. The molecule has 19 heavy (non-hydrogen) atoms. The Bertz CT molecular complexity index is 421. The van der Waals surface area contributed by atoms with Gasteiger partial charge in [-0.05, 0) is 46.5 Å². The highest BCUT2D eigenvalue weighted by Crippen LogP contribution is 2.51. The maximum absolute atomic E-state index is 11.9. The van der Waals surface area contributed by atoms with Crippen molar-refractivity contribution in [2.24, 2.45) is 17.8 Å². The molecule has 2 rings (SSSR count). The molecule has 2 fully saturated rings. The van der Waals surface area contributed by atoms with E-state index in [2.05, 4.69) is 11.8 Å². The van der Waals surface area contributed by atoms with E-state index in [1.54, 1.807) is 18.7 Å². The van der Waals surface area contributed by atoms with Crippen LogP contribution in [0.3, 0.4) is 0 Å². The van der Waals surface area contributed by atoms with E-state index < -0.39 is 11.2 Å². The Labute approximate surface area is 115 Å². The van der Waals surface area contributed by atoms with Crippen LogP contribution in [0.2, 0.25) is 0 Å². The highest BCUT2D eigenvalue weighted by molar-refractivity contribution is 5.69. The maximum atomic E-state index is 11.9. The summed E-state index contributed by atoms with van der Waals surface area (Å²) in [6.07, 6.45) is -0.228. The number of rotatable bonds is 0. The number of piperidine rings is 1. The summed E-state index contributed by atoms with van der Waals surface area (Å²) in [6.45, 7) is 10.4. The fraction of sp³-hybridized carbons (Fsp3) is 0.800. The van der Waals surface area contributed by atoms with Crippen molar-refractivity contribution in [3.05, 3.63) is 0 Å². The van der Waals surface area contributed by atoms with Crippen LogP contribution in [-0.4, -0.2) is 40.4 Å². The number of carbonyl (C=O) groups is 1. The van der Waals surface area contributed by atoms with Gasteiger partial charge < -0.3 is 14.7 Å². The van der Waals surface area contributed by atoms with Crippen LogP contribution in [0.4, 0.5) is 4.79 Å². The van der Waals surface area contributed by atoms with Gasteiger partial charge in [-0.25, -0.2) is 4.79 Å². The third-order valence-corrected chi connectivity index (χ3v) is 3.39. The molecule has 4 nitrogen and oxygen atoms in total. The number of carbonyl (C=O) groups excluding carboxylic acids is 1. The second-order valence-electron chi connectivity index (χ2n) is 7.07. The topological polar surface area (TPSA) is 49.8 Å². The Balaban J connectivity index is 1.84. The standard InChI is InChI=1S/C15H23NO3/c1-14(2,3)19-13(17)16-8-11-10(12(11)9-16)6-7-15(4,5)18/h10-12,18H,8-9H2,1-5H3. The summed E-state index contributed by atoms with van der Waals surface area (Å²) < 4.78 is 5.35. The number of aliphatic hydroxyl groups is 1. The monoisotopic (exact) mass is 265 g/mol. The first-order chi connectivity index (χ1) is 8.57. The first kappa shape index (κ1) is 14.2. The number of amides is 1. The maximum Gasteiger partial charge on any atom is 0.410 e. The lowest BCUT2D eigenvalue weighted by Gasteiger charge is -2.25. The van der Waals surface area contributed by atoms with Crippen molar-refractivity contribution in [1.82, 2.24) is 4.90 Å². The van der Waals surface area contributed by atoms with Gasteiger partial charge >= 0.3 is 6.09 Å². The van der Waals surface area contributed by atoms with Crippen LogP contribution in [0, 0.1) is 29.6 Å². The Kier molecular flexibility index (Phi) is 3.30. The third-order valence-electron chi connectivity index (χ3n) is 3.39. The number of likely N-dealkylation sites (tertiary alicyclic amines) is 1. The van der Waals surface area contributed by atoms with Gasteiger partial charge in [0, 0.05) is 19.0 Å². The van der Waals surface area contributed by atoms with Crippen molar-refractivity contribution in [2.75, 3.05) is 13.1 Å². The van der Waals surface area contributed by atoms with E-state index in [4.69, 9.17) is 4.74 Å². The van der Waals surface area contributed by atoms with Crippen molar-refractivity contribution in [1.29, 1.82) is 0 Å². The molecule has 0 radical (unpaired) electrons. The van der Waals surface area contributed by atoms with E-state index in [0.29, 0.717) is 17.8 Å². The highest BCUT2D eigenvalue weighted by atomic mass is 16.6. The second kappa shape index (κ2) is 4.42. The molecule has 0 aromatic carbocycles. The first-order valence-electron chi connectivity index (χ1n) is 6.80. The zero-order valence-corrected chi connectivity index (χ0v) is 12.4. The average Bonchev–Trinajstić information content (AvgIpc) is 2.65. The minimum atomic E-state index is -0.929. The molecule has 0 aromatic heterocycles. The summed E-state index contributed by atoms with van der Waals surface area (Å²) >= 11 is 0. The number of ether oxygens (including phenoxy) is 1. The zero-order valence-electron chi connectivity index (χ0n) is 12.4. The van der Waals surface area contributed by atoms with Crippen molar-refractivity contribution in [3.63, 3.8) is 0 Å². The minimum absolute atomic E-state index is 0.228. The Morgan fingerprint density at radius 2 is 1.74 bits per heavy atom. The van der Waals surface area contributed by atoms with Crippen molar-refractivity contribution in [2.45, 2.75) is 45.8 Å². The van der Waals surface area contributed by atoms with Gasteiger partial charge in [-0.3, -0.25) is 0 Å². The van der Waals surface area contributed by atoms with E-state index in [-0.39, 0.29) is 6.09 Å². The molecule has 1 aliphatic carbocycles. The zero-order chi connectivity index (χ0) is 14.4. The van der Waals surface area contributed by atoms with Gasteiger partial charge in [0.25, 0.3) is 0 Å². The fourth-order valence-corrected chi connectivity index (χ4v) is 2.48. The van der Waals surface area contributed by atoms with Crippen LogP contribution >= 0.6 is 0 Å². The molecule has 0 aromatic rings. The van der Waals surface area contributed by atoms with E-state index in [1.165, 1.54) is 0 Å². The summed E-state index contributed by atoms with van der Waals surface area (Å²) in [7, 11) is 0. The van der Waals surface area contributed by atoms with Gasteiger partial charge in [-0.15, -0.1) is 0 Å². The normalized spacial score (nSPS) is 29.4. The van der Waals surface area contributed by atoms with Gasteiger partial charge in [0.15, 0.2) is 0 Å². The summed E-state index contributed by atoms with van der Waals surface area (Å²) in [5.74, 6) is 7.25. The number of hydrogen-bond acceptors (Lipinski definition) is 3. The van der Waals surface area contributed by atoms with Crippen molar-refractivity contribution in [3.8, 4) is 11.8 Å². The summed E-state index contributed by atoms with van der Waals surface area (Å²) in [4.78, 5) is 13.6. The molecule has 106 valence electrons. The molecule has 1 heterocycles. The fourth-order valence-electron chi connectivity index (χ4n) is 2.48. The van der Waals surface area contributed by atoms with Crippen molar-refractivity contribution >= 4 is 6.09 Å². The van der Waals surface area contributed by atoms with Gasteiger partial charge in [0.05, 0.1) is 0 Å². The lowest BCUT2D eigenvalue weighted by Crippen LogP contribution is -2.37. The van der Waals surface area contributed by atoms with E-state index >= 15 is 0 Å². The number of fused-ring (bicyclic) bond motifs is 1. The SMILES string of the molecule is CC(C)(O)C#CC1C2CN(C(=O)OC(C)(C)C)CC12. The molecule has 1 saturated heterocycles. The number of hydrogen-bond donors (Lipinski definition) is 1. The molecule has 2 aliphatic rings. The summed E-state index contributed by atoms with van der Waals surface area (Å²) in [6, 6.07) is 0. The predicted molar refractivity (Wildman–Crippen MR) is 72.4 cm³/mol.